The first-order valence-corrected chi connectivity index (χ1v) is 6.40. The summed E-state index contributed by atoms with van der Waals surface area (Å²) in [7, 11) is 3.73. The number of likely N-dealkylation sites (N-methyl/N-ethyl adjacent to an activating group) is 1. The number of hydrogen-bond acceptors (Lipinski definition) is 5. The van der Waals surface area contributed by atoms with Gasteiger partial charge in [-0.25, -0.2) is 9.97 Å². The Labute approximate surface area is 108 Å². The number of ether oxygens (including phenoxy) is 1. The number of aromatic nitrogens is 2. The second kappa shape index (κ2) is 5.10. The third-order valence-electron chi connectivity index (χ3n) is 3.41. The molecule has 0 aromatic carbocycles. The number of rotatable bonds is 5. The van der Waals surface area contributed by atoms with Gasteiger partial charge in [-0.05, 0) is 26.7 Å². The molecule has 2 rings (SSSR count). The molecule has 1 heterocycles. The second-order valence-corrected chi connectivity index (χ2v) is 5.12. The van der Waals surface area contributed by atoms with E-state index in [1.54, 1.807) is 7.11 Å². The summed E-state index contributed by atoms with van der Waals surface area (Å²) in [5, 5.41) is 0. The fourth-order valence-electron chi connectivity index (χ4n) is 1.98. The van der Waals surface area contributed by atoms with Gasteiger partial charge in [0.2, 0.25) is 0 Å². The van der Waals surface area contributed by atoms with Crippen LogP contribution in [0.15, 0.2) is 0 Å². The van der Waals surface area contributed by atoms with Crippen LogP contribution < -0.4 is 10.6 Å². The van der Waals surface area contributed by atoms with Crippen LogP contribution in [0.5, 0.6) is 0 Å². The largest absolute Gasteiger partial charge is 0.383 e. The molecule has 100 valence electrons. The lowest BCUT2D eigenvalue weighted by molar-refractivity contribution is 0.124. The Morgan fingerprint density at radius 2 is 2.11 bits per heavy atom. The predicted octanol–water partition coefficient (Wildman–Crippen LogP) is 1.72. The van der Waals surface area contributed by atoms with Crippen LogP contribution in [0.1, 0.15) is 37.1 Å². The van der Waals surface area contributed by atoms with Gasteiger partial charge in [0.05, 0.1) is 6.10 Å². The van der Waals surface area contributed by atoms with E-state index in [-0.39, 0.29) is 6.10 Å². The number of anilines is 2. The van der Waals surface area contributed by atoms with Gasteiger partial charge < -0.3 is 15.4 Å². The Morgan fingerprint density at radius 1 is 1.44 bits per heavy atom. The number of nitrogens with two attached hydrogens (primary N) is 1. The van der Waals surface area contributed by atoms with Crippen molar-refractivity contribution < 1.29 is 4.74 Å². The van der Waals surface area contributed by atoms with Gasteiger partial charge in [-0.15, -0.1) is 0 Å². The summed E-state index contributed by atoms with van der Waals surface area (Å²) < 4.78 is 5.29. The zero-order chi connectivity index (χ0) is 13.3. The van der Waals surface area contributed by atoms with Crippen molar-refractivity contribution in [2.45, 2.75) is 38.7 Å². The molecule has 5 heteroatoms. The molecule has 1 aliphatic rings. The minimum atomic E-state index is 0.162. The highest BCUT2D eigenvalue weighted by atomic mass is 16.5. The molecule has 0 radical (unpaired) electrons. The molecular weight excluding hydrogens is 228 g/mol. The minimum Gasteiger partial charge on any atom is -0.383 e. The maximum atomic E-state index is 5.98. The summed E-state index contributed by atoms with van der Waals surface area (Å²) in [6, 6.07) is 0. The Hall–Kier alpha value is -1.36. The lowest BCUT2D eigenvalue weighted by Crippen LogP contribution is -2.30. The number of nitrogens with zero attached hydrogens (tertiary/aromatic N) is 3. The third-order valence-corrected chi connectivity index (χ3v) is 3.41. The molecule has 1 saturated carbocycles. The van der Waals surface area contributed by atoms with Crippen LogP contribution in [-0.2, 0) is 4.74 Å². The van der Waals surface area contributed by atoms with Crippen LogP contribution >= 0.6 is 0 Å². The number of hydrogen-bond donors (Lipinski definition) is 1. The first-order valence-electron chi connectivity index (χ1n) is 6.40. The Morgan fingerprint density at radius 3 is 2.67 bits per heavy atom. The second-order valence-electron chi connectivity index (χ2n) is 5.12. The van der Waals surface area contributed by atoms with Gasteiger partial charge in [0.1, 0.15) is 17.5 Å². The molecule has 1 unspecified atom stereocenters. The number of nitrogen functional groups attached to an aromatic ring is 1. The summed E-state index contributed by atoms with van der Waals surface area (Å²) in [6.07, 6.45) is 2.52. The highest BCUT2D eigenvalue weighted by Gasteiger charge is 2.28. The van der Waals surface area contributed by atoms with Gasteiger partial charge in [-0.3, -0.25) is 0 Å². The average molecular weight is 250 g/mol. The van der Waals surface area contributed by atoms with Crippen LogP contribution in [0, 0.1) is 6.92 Å². The molecule has 2 N–H and O–H groups in total. The summed E-state index contributed by atoms with van der Waals surface area (Å²) >= 11 is 0. The first-order chi connectivity index (χ1) is 8.52. The standard InChI is InChI=1S/C13H22N4O/c1-8(18-4)7-17(3)13-9(2)11(14)15-12(16-13)10-5-6-10/h8,10H,5-7H2,1-4H3,(H2,14,15,16). The molecule has 0 spiro atoms. The van der Waals surface area contributed by atoms with Gasteiger partial charge in [0.15, 0.2) is 0 Å². The van der Waals surface area contributed by atoms with Crippen molar-refractivity contribution in [1.29, 1.82) is 0 Å². The van der Waals surface area contributed by atoms with Crippen molar-refractivity contribution in [1.82, 2.24) is 9.97 Å². The zero-order valence-electron chi connectivity index (χ0n) is 11.6. The quantitative estimate of drug-likeness (QED) is 0.862. The molecule has 0 amide bonds. The van der Waals surface area contributed by atoms with Gasteiger partial charge in [0.25, 0.3) is 0 Å². The molecule has 0 bridgehead atoms. The van der Waals surface area contributed by atoms with E-state index in [0.29, 0.717) is 11.7 Å². The molecule has 1 aromatic rings. The fourth-order valence-corrected chi connectivity index (χ4v) is 1.98. The Bertz CT molecular complexity index is 431. The zero-order valence-corrected chi connectivity index (χ0v) is 11.6. The average Bonchev–Trinajstić information content (AvgIpc) is 3.16. The van der Waals surface area contributed by atoms with Crippen LogP contribution in [0.3, 0.4) is 0 Å². The van der Waals surface area contributed by atoms with E-state index in [4.69, 9.17) is 10.5 Å². The molecule has 1 atom stereocenters. The van der Waals surface area contributed by atoms with Crippen LogP contribution in [0.2, 0.25) is 0 Å². The van der Waals surface area contributed by atoms with Crippen LogP contribution in [-0.4, -0.2) is 36.8 Å². The minimum absolute atomic E-state index is 0.162. The van der Waals surface area contributed by atoms with Gasteiger partial charge in [0, 0.05) is 32.2 Å². The normalized spacial score (nSPS) is 16.7. The van der Waals surface area contributed by atoms with E-state index >= 15 is 0 Å². The van der Waals surface area contributed by atoms with Gasteiger partial charge >= 0.3 is 0 Å². The maximum Gasteiger partial charge on any atom is 0.137 e. The van der Waals surface area contributed by atoms with E-state index in [1.807, 2.05) is 20.9 Å². The van der Waals surface area contributed by atoms with Gasteiger partial charge in [-0.1, -0.05) is 0 Å². The van der Waals surface area contributed by atoms with Crippen LogP contribution in [0.4, 0.5) is 11.6 Å². The van der Waals surface area contributed by atoms with E-state index in [9.17, 15) is 0 Å². The molecule has 1 fully saturated rings. The molecule has 1 aromatic heterocycles. The smallest absolute Gasteiger partial charge is 0.137 e. The van der Waals surface area contributed by atoms with Crippen molar-refractivity contribution >= 4 is 11.6 Å². The van der Waals surface area contributed by atoms with Crippen molar-refractivity contribution in [3.63, 3.8) is 0 Å². The summed E-state index contributed by atoms with van der Waals surface area (Å²) in [5.41, 5.74) is 6.93. The van der Waals surface area contributed by atoms with Crippen molar-refractivity contribution in [3.8, 4) is 0 Å². The summed E-state index contributed by atoms with van der Waals surface area (Å²) in [5.74, 6) is 2.93. The highest BCUT2D eigenvalue weighted by Crippen LogP contribution is 2.39. The van der Waals surface area contributed by atoms with Crippen molar-refractivity contribution in [2.75, 3.05) is 31.3 Å². The first kappa shape index (κ1) is 13.1. The fraction of sp³-hybridized carbons (Fsp3) is 0.692. The predicted molar refractivity (Wildman–Crippen MR) is 72.9 cm³/mol. The van der Waals surface area contributed by atoms with Crippen molar-refractivity contribution in [3.05, 3.63) is 11.4 Å². The molecule has 1 aliphatic carbocycles. The molecule has 0 saturated heterocycles. The Balaban J connectivity index is 2.24. The maximum absolute atomic E-state index is 5.98. The monoisotopic (exact) mass is 250 g/mol. The van der Waals surface area contributed by atoms with E-state index in [1.165, 1.54) is 12.8 Å². The van der Waals surface area contributed by atoms with E-state index in [0.717, 1.165) is 23.8 Å². The lowest BCUT2D eigenvalue weighted by atomic mass is 10.2. The highest BCUT2D eigenvalue weighted by molar-refractivity contribution is 5.56. The molecule has 18 heavy (non-hydrogen) atoms. The molecular formula is C13H22N4O. The third kappa shape index (κ3) is 2.72. The Kier molecular flexibility index (Phi) is 3.71. The topological polar surface area (TPSA) is 64.3 Å². The van der Waals surface area contributed by atoms with Crippen LogP contribution in [0.25, 0.3) is 0 Å². The SMILES string of the molecule is COC(C)CN(C)c1nc(C2CC2)nc(N)c1C. The van der Waals surface area contributed by atoms with E-state index < -0.39 is 0 Å². The molecule has 5 nitrogen and oxygen atoms in total. The summed E-state index contributed by atoms with van der Waals surface area (Å²) in [4.78, 5) is 11.1. The summed E-state index contributed by atoms with van der Waals surface area (Å²) in [6.45, 7) is 4.80. The van der Waals surface area contributed by atoms with E-state index in [2.05, 4.69) is 14.9 Å². The van der Waals surface area contributed by atoms with Gasteiger partial charge in [-0.2, -0.15) is 0 Å². The number of methoxy groups -OCH3 is 1. The lowest BCUT2D eigenvalue weighted by Gasteiger charge is -2.24. The van der Waals surface area contributed by atoms with Crippen molar-refractivity contribution in [2.24, 2.45) is 0 Å². The molecule has 0 aliphatic heterocycles.